The molecule has 1 aliphatic carbocycles. The van der Waals surface area contributed by atoms with E-state index in [-0.39, 0.29) is 0 Å². The molecule has 0 radical (unpaired) electrons. The Kier molecular flexibility index (Phi) is 14.8. The maximum Gasteiger partial charge on any atom is 0.673 e. The largest absolute Gasteiger partial charge is 0.673 e. The molecule has 0 fully saturated rings. The minimum Gasteiger partial charge on any atom is -0.456 e. The third-order valence-corrected chi connectivity index (χ3v) is 12.0. The zero-order valence-electron chi connectivity index (χ0n) is 33.4. The van der Waals surface area contributed by atoms with Gasteiger partial charge in [-0.25, -0.2) is 4.58 Å². The number of aromatic nitrogens is 1. The van der Waals surface area contributed by atoms with E-state index in [2.05, 4.69) is 170 Å². The van der Waals surface area contributed by atoms with E-state index in [1.54, 1.807) is 0 Å². The summed E-state index contributed by atoms with van der Waals surface area (Å²) in [6, 6.07) is 30.7. The molecule has 0 spiro atoms. The summed E-state index contributed by atoms with van der Waals surface area (Å²) in [5.74, 6) is 0.891. The number of nitrogens with zero attached hydrogens (tertiary/aromatic N) is 4. The van der Waals surface area contributed by atoms with E-state index in [9.17, 15) is 34.5 Å². The molecule has 4 aromatic rings. The summed E-state index contributed by atoms with van der Waals surface area (Å²) in [5.41, 5.74) is 7.95. The van der Waals surface area contributed by atoms with Crippen molar-refractivity contribution in [1.82, 2.24) is 4.58 Å². The molecule has 7 rings (SSSR count). The number of rotatable bonds is 9. The molecule has 0 N–H and O–H groups in total. The van der Waals surface area contributed by atoms with Crippen LogP contribution >= 0.6 is 23.1 Å². The second-order valence-electron chi connectivity index (χ2n) is 13.2. The molecule has 17 heteroatoms. The molecular weight excluding hydrogens is 814 g/mol. The number of benzene rings is 4. The Balaban J connectivity index is 0.000000593. The van der Waals surface area contributed by atoms with Crippen molar-refractivity contribution in [3.05, 3.63) is 124 Å². The van der Waals surface area contributed by atoms with Gasteiger partial charge < -0.3 is 48.7 Å². The monoisotopic (exact) mass is 858 g/mol. The van der Waals surface area contributed by atoms with Crippen LogP contribution in [0, 0.1) is 0 Å². The molecular formula is C42H44B2F8N4OS2. The summed E-state index contributed by atoms with van der Waals surface area (Å²) < 4.78 is 90.8. The number of anilines is 2. The van der Waals surface area contributed by atoms with Gasteiger partial charge in [0.1, 0.15) is 36.2 Å². The molecule has 0 saturated heterocycles. The van der Waals surface area contributed by atoms with Crippen LogP contribution in [0.3, 0.4) is 0 Å². The summed E-state index contributed by atoms with van der Waals surface area (Å²) >= 11 is 3.63. The molecule has 0 amide bonds. The predicted octanol–water partition coefficient (Wildman–Crippen LogP) is 12.0. The van der Waals surface area contributed by atoms with Crippen molar-refractivity contribution in [1.29, 1.82) is 0 Å². The maximum absolute atomic E-state index is 9.75. The topological polar surface area (TPSA) is 26.5 Å². The molecule has 3 aromatic carbocycles. The number of allylic oxidation sites excluding steroid dienone is 4. The van der Waals surface area contributed by atoms with Gasteiger partial charge in [-0.2, -0.15) is 4.57 Å². The van der Waals surface area contributed by atoms with Gasteiger partial charge >= 0.3 is 14.5 Å². The van der Waals surface area contributed by atoms with Gasteiger partial charge in [-0.1, -0.05) is 53.4 Å². The van der Waals surface area contributed by atoms with Crippen molar-refractivity contribution in [2.45, 2.75) is 32.6 Å². The number of hydrogen-bond acceptors (Lipinski definition) is 5. The van der Waals surface area contributed by atoms with E-state index in [1.807, 2.05) is 23.1 Å². The fourth-order valence-corrected chi connectivity index (χ4v) is 8.93. The van der Waals surface area contributed by atoms with Crippen LogP contribution in [0.2, 0.25) is 0 Å². The molecule has 0 atom stereocenters. The van der Waals surface area contributed by atoms with E-state index < -0.39 is 14.5 Å². The van der Waals surface area contributed by atoms with Crippen molar-refractivity contribution >= 4 is 81.8 Å². The molecule has 312 valence electrons. The van der Waals surface area contributed by atoms with Crippen molar-refractivity contribution in [2.75, 3.05) is 43.0 Å². The molecule has 59 heavy (non-hydrogen) atoms. The van der Waals surface area contributed by atoms with Crippen LogP contribution in [0.4, 0.5) is 45.9 Å². The van der Waals surface area contributed by atoms with Gasteiger partial charge in [0.15, 0.2) is 0 Å². The fraction of sp³-hybridized carbons (Fsp3) is 0.238. The lowest BCUT2D eigenvalue weighted by Gasteiger charge is -2.22. The van der Waals surface area contributed by atoms with Crippen molar-refractivity contribution in [3.8, 4) is 11.3 Å². The lowest BCUT2D eigenvalue weighted by Crippen LogP contribution is -2.29. The normalized spacial score (nSPS) is 13.8. The summed E-state index contributed by atoms with van der Waals surface area (Å²) in [6.45, 7) is 12.6. The minimum absolute atomic E-state index is 0.891. The highest BCUT2D eigenvalue weighted by Gasteiger charge is 2.24. The van der Waals surface area contributed by atoms with E-state index in [0.29, 0.717) is 0 Å². The second-order valence-corrected chi connectivity index (χ2v) is 15.4. The number of para-hydroxylation sites is 2. The number of thioether (sulfide) groups is 1. The van der Waals surface area contributed by atoms with Crippen LogP contribution in [0.25, 0.3) is 44.2 Å². The highest BCUT2D eigenvalue weighted by molar-refractivity contribution is 8.03. The Labute approximate surface area is 346 Å². The van der Waals surface area contributed by atoms with E-state index >= 15 is 0 Å². The highest BCUT2D eigenvalue weighted by atomic mass is 32.2. The van der Waals surface area contributed by atoms with Crippen LogP contribution in [-0.2, 0) is 7.05 Å². The van der Waals surface area contributed by atoms with E-state index in [0.717, 1.165) is 54.0 Å². The average Bonchev–Trinajstić information content (AvgIpc) is 3.68. The molecule has 3 aliphatic rings. The summed E-state index contributed by atoms with van der Waals surface area (Å²) in [6.07, 6.45) is 9.12. The van der Waals surface area contributed by atoms with Gasteiger partial charge in [0, 0.05) is 71.5 Å². The van der Waals surface area contributed by atoms with Gasteiger partial charge in [-0.15, -0.1) is 0 Å². The smallest absolute Gasteiger partial charge is 0.456 e. The third kappa shape index (κ3) is 11.6. The first-order valence-corrected chi connectivity index (χ1v) is 20.6. The van der Waals surface area contributed by atoms with Crippen LogP contribution in [-0.4, -0.2) is 47.7 Å². The highest BCUT2D eigenvalue weighted by Crippen LogP contribution is 2.45. The van der Waals surface area contributed by atoms with Crippen molar-refractivity contribution < 1.29 is 43.5 Å². The molecule has 2 aliphatic heterocycles. The minimum atomic E-state index is -6.00. The molecule has 0 unspecified atom stereocenters. The average molecular weight is 859 g/mol. The standard InChI is InChI=1S/C42H44N4OS2.2BF4/c1-7-45(8-2)30-21-23-32-36(27-30)47-37-28-31(46(9-3)10-4)22-24-33(37)42(32)29(19-25-40-43(5)34-15-11-13-17-38(34)48-40)20-26-41-44(6)35-16-12-14-18-39(35)49-41;2*2-1(3,4)5/h11-28H,7-10H2,1-6H3;;/q+2;2*-1. The van der Waals surface area contributed by atoms with Gasteiger partial charge in [-0.05, 0) is 81.8 Å². The van der Waals surface area contributed by atoms with Gasteiger partial charge in [-0.3, -0.25) is 0 Å². The number of aryl methyl sites for hydroxylation is 1. The van der Waals surface area contributed by atoms with E-state index in [4.69, 9.17) is 4.42 Å². The zero-order valence-corrected chi connectivity index (χ0v) is 35.0. The molecule has 0 bridgehead atoms. The van der Waals surface area contributed by atoms with Crippen LogP contribution in [0.15, 0.2) is 117 Å². The summed E-state index contributed by atoms with van der Waals surface area (Å²) in [4.78, 5) is 5.94. The Hall–Kier alpha value is -5.02. The fourth-order valence-electron chi connectivity index (χ4n) is 6.83. The van der Waals surface area contributed by atoms with Gasteiger partial charge in [0.25, 0.3) is 5.01 Å². The Morgan fingerprint density at radius 2 is 1.47 bits per heavy atom. The summed E-state index contributed by atoms with van der Waals surface area (Å²) in [7, 11) is -7.69. The quantitative estimate of drug-likeness (QED) is 0.0476. The van der Waals surface area contributed by atoms with Gasteiger partial charge in [0.05, 0.1) is 16.8 Å². The first-order valence-electron chi connectivity index (χ1n) is 19.0. The molecule has 1 aromatic heterocycles. The Bertz CT molecular complexity index is 2510. The van der Waals surface area contributed by atoms with E-state index in [1.165, 1.54) is 47.4 Å². The lowest BCUT2D eigenvalue weighted by atomic mass is 9.92. The van der Waals surface area contributed by atoms with Crippen molar-refractivity contribution in [3.63, 3.8) is 0 Å². The van der Waals surface area contributed by atoms with Crippen LogP contribution < -0.4 is 24.3 Å². The molecule has 5 nitrogen and oxygen atoms in total. The zero-order chi connectivity index (χ0) is 43.1. The van der Waals surface area contributed by atoms with Crippen molar-refractivity contribution in [2.24, 2.45) is 7.05 Å². The summed E-state index contributed by atoms with van der Waals surface area (Å²) in [5, 5.41) is 4.67. The Morgan fingerprint density at radius 3 is 2.10 bits per heavy atom. The number of fused-ring (bicyclic) bond motifs is 4. The Morgan fingerprint density at radius 1 is 0.831 bits per heavy atom. The first-order chi connectivity index (χ1) is 27.9. The molecule has 3 heterocycles. The number of hydrogen-bond donors (Lipinski definition) is 0. The second kappa shape index (κ2) is 19.4. The number of thiazole rings is 1. The lowest BCUT2D eigenvalue weighted by molar-refractivity contribution is -0.642. The number of halogens is 8. The van der Waals surface area contributed by atoms with Crippen LogP contribution in [0.1, 0.15) is 38.3 Å². The van der Waals surface area contributed by atoms with Gasteiger partial charge in [0.2, 0.25) is 10.9 Å². The first kappa shape index (κ1) is 45.1. The molecule has 0 saturated carbocycles. The SMILES string of the molecule is CCN(CC)c1ccc2c(C(=C\C=C3/Sc4ccccc4N3C)/C=C/c3sc4ccccc4[n+]3C)c3ccc(=[N+](CC)CC)cc-3oc2c1.F[B-](F)(F)F.F[B-](F)(F)F. The third-order valence-electron chi connectivity index (χ3n) is 9.59. The predicted molar refractivity (Wildman–Crippen MR) is 232 cm³/mol. The maximum atomic E-state index is 9.75. The van der Waals surface area contributed by atoms with Crippen LogP contribution in [0.5, 0.6) is 0 Å².